The molecule has 0 aromatic heterocycles. The number of imide groups is 1. The predicted octanol–water partition coefficient (Wildman–Crippen LogP) is 2.71. The Morgan fingerprint density at radius 1 is 0.815 bits per heavy atom. The molecule has 5 nitrogen and oxygen atoms in total. The molecule has 0 radical (unpaired) electrons. The third-order valence-corrected chi connectivity index (χ3v) is 7.61. The van der Waals surface area contributed by atoms with E-state index in [-0.39, 0.29) is 35.5 Å². The second-order valence-corrected chi connectivity index (χ2v) is 8.52. The van der Waals surface area contributed by atoms with Gasteiger partial charge in [0, 0.05) is 25.0 Å². The Morgan fingerprint density at radius 2 is 1.33 bits per heavy atom. The van der Waals surface area contributed by atoms with E-state index in [1.807, 2.05) is 30.3 Å². The summed E-state index contributed by atoms with van der Waals surface area (Å²) in [6, 6.07) is 9.32. The Morgan fingerprint density at radius 3 is 1.78 bits per heavy atom. The second kappa shape index (κ2) is 5.30. The molecule has 3 aliphatic carbocycles. The summed E-state index contributed by atoms with van der Waals surface area (Å²) in [4.78, 5) is 28.3. The van der Waals surface area contributed by atoms with E-state index in [0.29, 0.717) is 18.9 Å². The zero-order valence-corrected chi connectivity index (χ0v) is 15.2. The molecule has 2 spiro atoms. The number of rotatable bonds is 1. The number of hydrogen-bond donors (Lipinski definition) is 0. The van der Waals surface area contributed by atoms with E-state index < -0.39 is 11.2 Å². The van der Waals surface area contributed by atoms with Crippen LogP contribution in [0.1, 0.15) is 25.7 Å². The highest BCUT2D eigenvalue weighted by atomic mass is 16.6. The van der Waals surface area contributed by atoms with Gasteiger partial charge in [0.2, 0.25) is 11.8 Å². The van der Waals surface area contributed by atoms with Crippen molar-refractivity contribution in [1.82, 2.24) is 0 Å². The van der Waals surface area contributed by atoms with Gasteiger partial charge in [-0.1, -0.05) is 30.4 Å². The van der Waals surface area contributed by atoms with Crippen LogP contribution in [0.2, 0.25) is 0 Å². The highest BCUT2D eigenvalue weighted by Crippen LogP contribution is 2.66. The van der Waals surface area contributed by atoms with Crippen molar-refractivity contribution < 1.29 is 19.1 Å². The molecule has 1 aromatic carbocycles. The van der Waals surface area contributed by atoms with Gasteiger partial charge < -0.3 is 9.47 Å². The number of anilines is 1. The summed E-state index contributed by atoms with van der Waals surface area (Å²) in [6.07, 6.45) is 8.12. The average molecular weight is 365 g/mol. The minimum absolute atomic E-state index is 0.0710. The van der Waals surface area contributed by atoms with Gasteiger partial charge >= 0.3 is 0 Å². The van der Waals surface area contributed by atoms with E-state index in [1.165, 1.54) is 4.90 Å². The first-order valence-electron chi connectivity index (χ1n) is 10.1. The molecule has 6 atom stereocenters. The molecule has 4 fully saturated rings. The summed E-state index contributed by atoms with van der Waals surface area (Å²) >= 11 is 0. The molecule has 140 valence electrons. The summed E-state index contributed by atoms with van der Waals surface area (Å²) in [5.41, 5.74) is -0.233. The first-order chi connectivity index (χ1) is 13.2. The molecule has 1 aromatic rings. The number of carbonyl (C=O) groups is 2. The van der Waals surface area contributed by atoms with Crippen LogP contribution in [0.25, 0.3) is 0 Å². The van der Waals surface area contributed by atoms with Crippen LogP contribution in [0.15, 0.2) is 42.5 Å². The van der Waals surface area contributed by atoms with Crippen molar-refractivity contribution in [3.8, 4) is 0 Å². The van der Waals surface area contributed by atoms with Crippen LogP contribution in [0.5, 0.6) is 0 Å². The van der Waals surface area contributed by atoms with Crippen LogP contribution in [-0.2, 0) is 19.1 Å². The first-order valence-corrected chi connectivity index (χ1v) is 10.1. The van der Waals surface area contributed by atoms with Gasteiger partial charge in [-0.05, 0) is 37.8 Å². The molecule has 7 rings (SSSR count). The van der Waals surface area contributed by atoms with Crippen molar-refractivity contribution in [3.05, 3.63) is 42.5 Å². The summed E-state index contributed by atoms with van der Waals surface area (Å²) in [5.74, 6) is -0.977. The molecule has 2 bridgehead atoms. The van der Waals surface area contributed by atoms with Crippen LogP contribution >= 0.6 is 0 Å². The lowest BCUT2D eigenvalue weighted by Crippen LogP contribution is -2.71. The topological polar surface area (TPSA) is 55.8 Å². The fourth-order valence-electron chi connectivity index (χ4n) is 6.75. The van der Waals surface area contributed by atoms with Gasteiger partial charge in [-0.3, -0.25) is 14.5 Å². The molecule has 1 saturated carbocycles. The van der Waals surface area contributed by atoms with E-state index in [9.17, 15) is 9.59 Å². The Bertz CT molecular complexity index is 785. The third-order valence-electron chi connectivity index (χ3n) is 7.61. The van der Waals surface area contributed by atoms with Gasteiger partial charge in [0.25, 0.3) is 0 Å². The lowest BCUT2D eigenvalue weighted by molar-refractivity contribution is -0.247. The fourth-order valence-corrected chi connectivity index (χ4v) is 6.75. The molecule has 6 aliphatic rings. The molecule has 3 saturated heterocycles. The van der Waals surface area contributed by atoms with Gasteiger partial charge in [0.1, 0.15) is 11.2 Å². The number of nitrogens with zero attached hydrogens (tertiary/aromatic N) is 1. The number of amides is 2. The number of carbonyl (C=O) groups excluding carboxylic acids is 2. The lowest BCUT2D eigenvalue weighted by Gasteiger charge is -2.61. The lowest BCUT2D eigenvalue weighted by atomic mass is 9.48. The van der Waals surface area contributed by atoms with Crippen molar-refractivity contribution in [2.75, 3.05) is 18.1 Å². The van der Waals surface area contributed by atoms with E-state index in [1.54, 1.807) is 0 Å². The maximum absolute atomic E-state index is 13.5. The zero-order chi connectivity index (χ0) is 18.2. The quantitative estimate of drug-likeness (QED) is 0.567. The van der Waals surface area contributed by atoms with E-state index in [2.05, 4.69) is 12.2 Å². The number of hydrogen-bond acceptors (Lipinski definition) is 4. The van der Waals surface area contributed by atoms with Crippen molar-refractivity contribution in [2.24, 2.45) is 23.7 Å². The van der Waals surface area contributed by atoms with Crippen LogP contribution in [-0.4, -0.2) is 36.2 Å². The molecule has 27 heavy (non-hydrogen) atoms. The molecule has 3 heterocycles. The van der Waals surface area contributed by atoms with Crippen molar-refractivity contribution in [1.29, 1.82) is 0 Å². The molecule has 0 unspecified atom stereocenters. The minimum Gasteiger partial charge on any atom is -0.371 e. The van der Waals surface area contributed by atoms with Gasteiger partial charge in [0.15, 0.2) is 0 Å². The standard InChI is InChI=1S/C22H23NO4/c24-19-17-15-8-9-16(18(17)20(25)23(19)14-6-2-1-3-7-14)22(11-5-13-27-22)21(15)10-4-12-26-21/h1-3,6-9,15-18H,4-5,10-13H2/t15-,16-,17-,18+,21+,22+/m1/s1. The Hall–Kier alpha value is -1.98. The van der Waals surface area contributed by atoms with Gasteiger partial charge in [-0.25, -0.2) is 0 Å². The van der Waals surface area contributed by atoms with Gasteiger partial charge in [-0.2, -0.15) is 0 Å². The van der Waals surface area contributed by atoms with Crippen LogP contribution in [0, 0.1) is 23.7 Å². The fraction of sp³-hybridized carbons (Fsp3) is 0.545. The van der Waals surface area contributed by atoms with Gasteiger partial charge in [0.05, 0.1) is 17.5 Å². The van der Waals surface area contributed by atoms with Crippen molar-refractivity contribution in [2.45, 2.75) is 36.9 Å². The maximum atomic E-state index is 13.5. The largest absolute Gasteiger partial charge is 0.371 e. The summed E-state index contributed by atoms with van der Waals surface area (Å²) in [6.45, 7) is 1.42. The summed E-state index contributed by atoms with van der Waals surface area (Å²) in [7, 11) is 0. The SMILES string of the molecule is O=C1[C@@H]2[C@H](C(=O)N1c1ccccc1)[C@H]1C=C[C@H]2[C@@]2(CCCO2)[C@]12CCCO2. The summed E-state index contributed by atoms with van der Waals surface area (Å²) < 4.78 is 12.9. The Labute approximate surface area is 158 Å². The van der Waals surface area contributed by atoms with Crippen molar-refractivity contribution in [3.63, 3.8) is 0 Å². The first kappa shape index (κ1) is 16.0. The van der Waals surface area contributed by atoms with Crippen LogP contribution in [0.3, 0.4) is 0 Å². The summed E-state index contributed by atoms with van der Waals surface area (Å²) in [5, 5.41) is 0. The molecule has 0 N–H and O–H groups in total. The van der Waals surface area contributed by atoms with Crippen LogP contribution in [0.4, 0.5) is 5.69 Å². The second-order valence-electron chi connectivity index (χ2n) is 8.52. The maximum Gasteiger partial charge on any atom is 0.238 e. The normalized spacial score (nSPS) is 44.8. The predicted molar refractivity (Wildman–Crippen MR) is 97.9 cm³/mol. The number of benzene rings is 1. The highest BCUT2D eigenvalue weighted by molar-refractivity contribution is 6.22. The molecule has 2 amide bonds. The van der Waals surface area contributed by atoms with E-state index >= 15 is 0 Å². The highest BCUT2D eigenvalue weighted by Gasteiger charge is 2.75. The Balaban J connectivity index is 1.50. The Kier molecular flexibility index (Phi) is 3.14. The molecule has 5 heteroatoms. The van der Waals surface area contributed by atoms with E-state index in [4.69, 9.17) is 9.47 Å². The smallest absolute Gasteiger partial charge is 0.238 e. The number of para-hydroxylation sites is 1. The molecule has 3 aliphatic heterocycles. The molecular formula is C22H23NO4. The van der Waals surface area contributed by atoms with E-state index in [0.717, 1.165) is 25.7 Å². The monoisotopic (exact) mass is 365 g/mol. The third kappa shape index (κ3) is 1.73. The average Bonchev–Trinajstić information content (AvgIpc) is 3.42. The minimum atomic E-state index is -0.452. The van der Waals surface area contributed by atoms with Crippen LogP contribution < -0.4 is 4.90 Å². The number of ether oxygens (including phenoxy) is 2. The molecular weight excluding hydrogens is 342 g/mol. The van der Waals surface area contributed by atoms with Gasteiger partial charge in [-0.15, -0.1) is 0 Å². The van der Waals surface area contributed by atoms with Crippen molar-refractivity contribution >= 4 is 17.5 Å². The zero-order valence-electron chi connectivity index (χ0n) is 15.2.